The highest BCUT2D eigenvalue weighted by atomic mass is 127. The number of rotatable bonds is 6. The summed E-state index contributed by atoms with van der Waals surface area (Å²) < 4.78 is 1.05. The molecule has 0 saturated carbocycles. The Balaban J connectivity index is 3.78. The maximum atomic E-state index is 8.79. The van der Waals surface area contributed by atoms with Crippen molar-refractivity contribution in [2.75, 3.05) is 17.7 Å². The summed E-state index contributed by atoms with van der Waals surface area (Å²) in [6.07, 6.45) is 0.885. The number of aliphatic hydroxyl groups excluding tert-OH is 1. The first-order valence-corrected chi connectivity index (χ1v) is 6.05. The molecular weight excluding hydrogens is 265 g/mol. The Morgan fingerprint density at radius 3 is 2.25 bits per heavy atom. The molecule has 0 aliphatic heterocycles. The van der Waals surface area contributed by atoms with Crippen LogP contribution in [-0.4, -0.2) is 33.8 Å². The Hall–Kier alpha value is 0.650. The Labute approximate surface area is 89.5 Å². The lowest BCUT2D eigenvalue weighted by atomic mass is 10.1. The van der Waals surface area contributed by atoms with Crippen molar-refractivity contribution in [1.82, 2.24) is 4.90 Å². The quantitative estimate of drug-likeness (QED) is 0.459. The van der Waals surface area contributed by atoms with Crippen molar-refractivity contribution in [3.05, 3.63) is 0 Å². The minimum Gasteiger partial charge on any atom is -0.396 e. The van der Waals surface area contributed by atoms with Gasteiger partial charge in [-0.25, -0.2) is 0 Å². The van der Waals surface area contributed by atoms with E-state index in [0.29, 0.717) is 18.6 Å². The van der Waals surface area contributed by atoms with E-state index < -0.39 is 0 Å². The summed E-state index contributed by atoms with van der Waals surface area (Å²) in [5, 5.41) is 8.79. The zero-order chi connectivity index (χ0) is 9.56. The molecule has 0 rings (SSSR count). The van der Waals surface area contributed by atoms with E-state index >= 15 is 0 Å². The normalized spacial score (nSPS) is 14.2. The van der Waals surface area contributed by atoms with Gasteiger partial charge in [0, 0.05) is 19.2 Å². The molecule has 0 amide bonds. The maximum Gasteiger partial charge on any atom is 0.0508 e. The van der Waals surface area contributed by atoms with Gasteiger partial charge >= 0.3 is 0 Å². The van der Waals surface area contributed by atoms with Crippen LogP contribution in [0.4, 0.5) is 0 Å². The number of hydrogen-bond acceptors (Lipinski definition) is 2. The van der Waals surface area contributed by atoms with Crippen LogP contribution in [0.25, 0.3) is 0 Å². The van der Waals surface area contributed by atoms with Crippen LogP contribution in [0, 0.1) is 5.92 Å². The van der Waals surface area contributed by atoms with Crippen molar-refractivity contribution in [2.45, 2.75) is 33.2 Å². The molecule has 1 atom stereocenters. The summed E-state index contributed by atoms with van der Waals surface area (Å²) in [7, 11) is 0. The molecule has 1 N–H and O–H groups in total. The van der Waals surface area contributed by atoms with Gasteiger partial charge in [-0.1, -0.05) is 36.4 Å². The van der Waals surface area contributed by atoms with Crippen molar-refractivity contribution in [1.29, 1.82) is 0 Å². The lowest BCUT2D eigenvalue weighted by molar-refractivity contribution is 0.179. The molecule has 0 aromatic heterocycles. The van der Waals surface area contributed by atoms with E-state index in [1.54, 1.807) is 0 Å². The molecule has 3 heteroatoms. The average molecular weight is 285 g/mol. The van der Waals surface area contributed by atoms with Crippen molar-refractivity contribution in [2.24, 2.45) is 5.92 Å². The van der Waals surface area contributed by atoms with E-state index in [1.807, 2.05) is 0 Å². The molecule has 0 heterocycles. The van der Waals surface area contributed by atoms with Crippen molar-refractivity contribution in [3.63, 3.8) is 0 Å². The third-order valence-corrected chi connectivity index (χ3v) is 2.80. The van der Waals surface area contributed by atoms with Gasteiger partial charge in [-0.15, -0.1) is 0 Å². The van der Waals surface area contributed by atoms with Crippen LogP contribution < -0.4 is 0 Å². The highest BCUT2D eigenvalue weighted by Gasteiger charge is 2.12. The Bertz CT molecular complexity index is 109. The Kier molecular flexibility index (Phi) is 7.48. The predicted octanol–water partition coefficient (Wildman–Crippen LogP) is 2.11. The number of hydrogen-bond donors (Lipinski definition) is 1. The summed E-state index contributed by atoms with van der Waals surface area (Å²) in [5.41, 5.74) is 0. The highest BCUT2D eigenvalue weighted by Crippen LogP contribution is 2.09. The minimum absolute atomic E-state index is 0.298. The largest absolute Gasteiger partial charge is 0.396 e. The molecule has 0 saturated heterocycles. The van der Waals surface area contributed by atoms with Gasteiger partial charge in [-0.2, -0.15) is 0 Å². The molecule has 0 radical (unpaired) electrons. The molecule has 1 unspecified atom stereocenters. The topological polar surface area (TPSA) is 23.5 Å². The third-order valence-electron chi connectivity index (χ3n) is 1.92. The second-order valence-electron chi connectivity index (χ2n) is 3.65. The van der Waals surface area contributed by atoms with Crippen LogP contribution in [0.2, 0.25) is 0 Å². The van der Waals surface area contributed by atoms with E-state index in [0.717, 1.165) is 17.5 Å². The first kappa shape index (κ1) is 12.7. The molecule has 0 aliphatic carbocycles. The molecule has 0 fully saturated rings. The van der Waals surface area contributed by atoms with Crippen molar-refractivity contribution in [3.8, 4) is 0 Å². The van der Waals surface area contributed by atoms with Crippen LogP contribution in [0.15, 0.2) is 0 Å². The van der Waals surface area contributed by atoms with Crippen LogP contribution in [0.3, 0.4) is 0 Å². The third kappa shape index (κ3) is 5.32. The van der Waals surface area contributed by atoms with Gasteiger partial charge < -0.3 is 5.11 Å². The van der Waals surface area contributed by atoms with Crippen LogP contribution in [0.5, 0.6) is 0 Å². The average Bonchev–Trinajstić information content (AvgIpc) is 2.00. The summed E-state index contributed by atoms with van der Waals surface area (Å²) in [4.78, 5) is 2.40. The summed E-state index contributed by atoms with van der Waals surface area (Å²) >= 11 is 2.38. The lowest BCUT2D eigenvalue weighted by Gasteiger charge is -2.28. The van der Waals surface area contributed by atoms with Crippen LogP contribution in [-0.2, 0) is 0 Å². The smallest absolute Gasteiger partial charge is 0.0508 e. The summed E-state index contributed by atoms with van der Waals surface area (Å²) in [6.45, 7) is 8.06. The van der Waals surface area contributed by atoms with Crippen LogP contribution in [0.1, 0.15) is 27.2 Å². The fourth-order valence-corrected chi connectivity index (χ4v) is 2.14. The predicted molar refractivity (Wildman–Crippen MR) is 61.6 cm³/mol. The van der Waals surface area contributed by atoms with Gasteiger partial charge in [-0.3, -0.25) is 4.90 Å². The Morgan fingerprint density at radius 1 is 1.33 bits per heavy atom. The van der Waals surface area contributed by atoms with Crippen molar-refractivity contribution < 1.29 is 5.11 Å². The number of halogens is 1. The number of aliphatic hydroxyl groups is 1. The molecule has 0 bridgehead atoms. The lowest BCUT2D eigenvalue weighted by Crippen LogP contribution is -2.35. The minimum atomic E-state index is 0.298. The van der Waals surface area contributed by atoms with E-state index in [-0.39, 0.29) is 0 Å². The SMILES string of the molecule is CC(C)CN(CI)C(C)CCO. The van der Waals surface area contributed by atoms with Gasteiger partial charge in [-0.05, 0) is 19.3 Å². The van der Waals surface area contributed by atoms with E-state index in [4.69, 9.17) is 5.11 Å². The first-order chi connectivity index (χ1) is 5.61. The number of alkyl halides is 1. The van der Waals surface area contributed by atoms with Crippen LogP contribution >= 0.6 is 22.6 Å². The van der Waals surface area contributed by atoms with Crippen molar-refractivity contribution >= 4 is 22.6 Å². The van der Waals surface area contributed by atoms with Gasteiger partial charge in [0.15, 0.2) is 0 Å². The Morgan fingerprint density at radius 2 is 1.92 bits per heavy atom. The fraction of sp³-hybridized carbons (Fsp3) is 1.00. The molecule has 0 aliphatic rings. The number of nitrogens with zero attached hydrogens (tertiary/aromatic N) is 1. The van der Waals surface area contributed by atoms with Gasteiger partial charge in [0.05, 0.1) is 4.55 Å². The standard InChI is InChI=1S/C9H20INO/c1-8(2)6-11(7-10)9(3)4-5-12/h8-9,12H,4-7H2,1-3H3. The molecule has 2 nitrogen and oxygen atoms in total. The zero-order valence-electron chi connectivity index (χ0n) is 8.26. The highest BCUT2D eigenvalue weighted by molar-refractivity contribution is 14.1. The second-order valence-corrected chi connectivity index (χ2v) is 4.33. The van der Waals surface area contributed by atoms with E-state index in [2.05, 4.69) is 48.3 Å². The molecule has 0 aromatic carbocycles. The molecule has 74 valence electrons. The summed E-state index contributed by atoms with van der Waals surface area (Å²) in [6, 6.07) is 0.509. The molecule has 0 aromatic rings. The monoisotopic (exact) mass is 285 g/mol. The molecular formula is C9H20INO. The fourth-order valence-electron chi connectivity index (χ4n) is 1.18. The van der Waals surface area contributed by atoms with E-state index in [1.165, 1.54) is 0 Å². The van der Waals surface area contributed by atoms with E-state index in [9.17, 15) is 0 Å². The van der Waals surface area contributed by atoms with Gasteiger partial charge in [0.25, 0.3) is 0 Å². The maximum absolute atomic E-state index is 8.79. The second kappa shape index (κ2) is 7.09. The summed E-state index contributed by atoms with van der Waals surface area (Å²) in [5.74, 6) is 0.709. The first-order valence-electron chi connectivity index (χ1n) is 4.52. The zero-order valence-corrected chi connectivity index (χ0v) is 10.4. The molecule has 12 heavy (non-hydrogen) atoms. The van der Waals surface area contributed by atoms with Gasteiger partial charge in [0.2, 0.25) is 0 Å². The molecule has 0 spiro atoms. The van der Waals surface area contributed by atoms with Gasteiger partial charge in [0.1, 0.15) is 0 Å².